The largest absolute Gasteiger partial charge is 0.317 e. The van der Waals surface area contributed by atoms with Crippen LogP contribution in [0.1, 0.15) is 52.9 Å². The lowest BCUT2D eigenvalue weighted by molar-refractivity contribution is -0.135. The molecule has 98 valence electrons. The number of hydrogen-bond acceptors (Lipinski definition) is 3. The molecule has 1 saturated carbocycles. The first-order chi connectivity index (χ1) is 7.93. The molecule has 3 N–H and O–H groups in total. The summed E-state index contributed by atoms with van der Waals surface area (Å²) in [6, 6.07) is 0.829. The number of rotatable bonds is 3. The summed E-state index contributed by atoms with van der Waals surface area (Å²) in [6.07, 6.45) is 5.72. The Morgan fingerprint density at radius 1 is 1.24 bits per heavy atom. The molecule has 2 aliphatic rings. The highest BCUT2D eigenvalue weighted by atomic mass is 16.2. The van der Waals surface area contributed by atoms with Gasteiger partial charge < -0.3 is 5.73 Å². The van der Waals surface area contributed by atoms with Gasteiger partial charge in [0.1, 0.15) is 0 Å². The maximum atomic E-state index is 12.2. The molecule has 1 aliphatic carbocycles. The number of amides is 1. The van der Waals surface area contributed by atoms with Crippen molar-refractivity contribution in [2.75, 3.05) is 0 Å². The molecule has 2 fully saturated rings. The van der Waals surface area contributed by atoms with Crippen LogP contribution in [-0.4, -0.2) is 28.5 Å². The molecule has 0 bridgehead atoms. The maximum absolute atomic E-state index is 12.2. The maximum Gasteiger partial charge on any atom is 0.254 e. The van der Waals surface area contributed by atoms with E-state index in [1.165, 1.54) is 6.42 Å². The van der Waals surface area contributed by atoms with Crippen molar-refractivity contribution in [1.29, 1.82) is 0 Å². The Labute approximate surface area is 104 Å². The second-order valence-electron chi connectivity index (χ2n) is 6.03. The Hall–Kier alpha value is -0.610. The van der Waals surface area contributed by atoms with E-state index < -0.39 is 5.54 Å². The number of piperidine rings is 1. The first-order valence-corrected chi connectivity index (χ1v) is 6.81. The molecule has 17 heavy (non-hydrogen) atoms. The Balaban J connectivity index is 1.97. The van der Waals surface area contributed by atoms with Gasteiger partial charge in [-0.25, -0.2) is 5.01 Å². The number of hydrazine groups is 1. The van der Waals surface area contributed by atoms with Gasteiger partial charge in [-0.05, 0) is 52.4 Å². The van der Waals surface area contributed by atoms with Crippen LogP contribution in [0, 0.1) is 5.92 Å². The van der Waals surface area contributed by atoms with Crippen molar-refractivity contribution >= 4 is 5.91 Å². The average Bonchev–Trinajstić information content (AvgIpc) is 3.07. The van der Waals surface area contributed by atoms with Gasteiger partial charge in [-0.1, -0.05) is 6.42 Å². The quantitative estimate of drug-likeness (QED) is 0.783. The van der Waals surface area contributed by atoms with Crippen molar-refractivity contribution in [3.8, 4) is 0 Å². The predicted octanol–water partition coefficient (Wildman–Crippen LogP) is 1.41. The van der Waals surface area contributed by atoms with E-state index in [4.69, 9.17) is 5.73 Å². The van der Waals surface area contributed by atoms with Gasteiger partial charge in [-0.2, -0.15) is 0 Å². The summed E-state index contributed by atoms with van der Waals surface area (Å²) in [4.78, 5) is 12.2. The molecule has 0 spiro atoms. The van der Waals surface area contributed by atoms with Crippen LogP contribution in [0.4, 0.5) is 0 Å². The molecule has 1 aliphatic heterocycles. The highest BCUT2D eigenvalue weighted by Gasteiger charge is 2.45. The van der Waals surface area contributed by atoms with Crippen LogP contribution < -0.4 is 11.2 Å². The van der Waals surface area contributed by atoms with Gasteiger partial charge in [0, 0.05) is 12.1 Å². The molecule has 1 amide bonds. The molecular weight excluding hydrogens is 214 g/mol. The fourth-order valence-electron chi connectivity index (χ4n) is 2.75. The Morgan fingerprint density at radius 2 is 1.76 bits per heavy atom. The topological polar surface area (TPSA) is 58.4 Å². The molecule has 0 aromatic rings. The monoisotopic (exact) mass is 239 g/mol. The number of carbonyl (C=O) groups excluding carboxylic acids is 1. The van der Waals surface area contributed by atoms with E-state index in [9.17, 15) is 4.79 Å². The minimum atomic E-state index is -0.698. The van der Waals surface area contributed by atoms with Crippen LogP contribution in [0.15, 0.2) is 0 Å². The zero-order chi connectivity index (χ0) is 12.6. The number of nitrogens with zero attached hydrogens (tertiary/aromatic N) is 1. The van der Waals surface area contributed by atoms with Gasteiger partial charge in [-0.15, -0.1) is 0 Å². The molecular formula is C13H25N3O. The smallest absolute Gasteiger partial charge is 0.254 e. The van der Waals surface area contributed by atoms with Crippen molar-refractivity contribution in [3.05, 3.63) is 0 Å². The van der Waals surface area contributed by atoms with Gasteiger partial charge in [0.2, 0.25) is 0 Å². The molecule has 3 atom stereocenters. The van der Waals surface area contributed by atoms with Gasteiger partial charge in [-0.3, -0.25) is 10.2 Å². The summed E-state index contributed by atoms with van der Waals surface area (Å²) in [7, 11) is 0. The van der Waals surface area contributed by atoms with E-state index in [0.29, 0.717) is 18.0 Å². The molecule has 1 heterocycles. The lowest BCUT2D eigenvalue weighted by Crippen LogP contribution is -2.62. The Bertz CT molecular complexity index is 289. The van der Waals surface area contributed by atoms with Crippen molar-refractivity contribution in [2.24, 2.45) is 11.7 Å². The minimum Gasteiger partial charge on any atom is -0.317 e. The van der Waals surface area contributed by atoms with Crippen molar-refractivity contribution in [2.45, 2.75) is 70.5 Å². The third-order valence-corrected chi connectivity index (χ3v) is 4.34. The summed E-state index contributed by atoms with van der Waals surface area (Å²) in [5.41, 5.74) is 8.49. The normalized spacial score (nSPS) is 34.1. The molecule has 4 heteroatoms. The average molecular weight is 239 g/mol. The van der Waals surface area contributed by atoms with Crippen molar-refractivity contribution in [1.82, 2.24) is 10.4 Å². The molecule has 2 rings (SSSR count). The van der Waals surface area contributed by atoms with Crippen LogP contribution >= 0.6 is 0 Å². The van der Waals surface area contributed by atoms with Crippen LogP contribution in [0.25, 0.3) is 0 Å². The SMILES string of the molecule is CC1CCCC(C)N1NC(=O)C(C)(N)C1CC1. The van der Waals surface area contributed by atoms with Gasteiger partial charge in [0.15, 0.2) is 0 Å². The van der Waals surface area contributed by atoms with Crippen molar-refractivity contribution in [3.63, 3.8) is 0 Å². The zero-order valence-electron chi connectivity index (χ0n) is 11.2. The first kappa shape index (κ1) is 12.8. The Morgan fingerprint density at radius 3 is 2.24 bits per heavy atom. The summed E-state index contributed by atoms with van der Waals surface area (Å²) in [5.74, 6) is 0.360. The van der Waals surface area contributed by atoms with E-state index >= 15 is 0 Å². The zero-order valence-corrected chi connectivity index (χ0v) is 11.2. The third kappa shape index (κ3) is 2.63. The fraction of sp³-hybridized carbons (Fsp3) is 0.923. The van der Waals surface area contributed by atoms with Gasteiger partial charge >= 0.3 is 0 Å². The number of nitrogens with one attached hydrogen (secondary N) is 1. The van der Waals surface area contributed by atoms with E-state index in [0.717, 1.165) is 25.7 Å². The molecule has 0 radical (unpaired) electrons. The fourth-order valence-corrected chi connectivity index (χ4v) is 2.75. The molecule has 1 saturated heterocycles. The number of hydrogen-bond donors (Lipinski definition) is 2. The summed E-state index contributed by atoms with van der Waals surface area (Å²) < 4.78 is 0. The van der Waals surface area contributed by atoms with Crippen LogP contribution in [0.3, 0.4) is 0 Å². The highest BCUT2D eigenvalue weighted by Crippen LogP contribution is 2.38. The summed E-state index contributed by atoms with van der Waals surface area (Å²) >= 11 is 0. The second-order valence-corrected chi connectivity index (χ2v) is 6.03. The lowest BCUT2D eigenvalue weighted by atomic mass is 9.96. The first-order valence-electron chi connectivity index (χ1n) is 6.81. The van der Waals surface area contributed by atoms with Crippen LogP contribution in [0.2, 0.25) is 0 Å². The van der Waals surface area contributed by atoms with Crippen LogP contribution in [0.5, 0.6) is 0 Å². The standard InChI is InChI=1S/C13H25N3O/c1-9-5-4-6-10(2)16(9)15-12(17)13(3,14)11-7-8-11/h9-11H,4-8,14H2,1-3H3,(H,15,17). The van der Waals surface area contributed by atoms with E-state index in [1.807, 2.05) is 6.92 Å². The highest BCUT2D eigenvalue weighted by molar-refractivity contribution is 5.86. The minimum absolute atomic E-state index is 0.0133. The number of carbonyl (C=O) groups is 1. The number of nitrogens with two attached hydrogens (primary N) is 1. The van der Waals surface area contributed by atoms with E-state index in [2.05, 4.69) is 24.3 Å². The molecule has 0 aromatic heterocycles. The summed E-state index contributed by atoms with van der Waals surface area (Å²) in [6.45, 7) is 6.20. The second kappa shape index (κ2) is 4.58. The lowest BCUT2D eigenvalue weighted by Gasteiger charge is -2.40. The Kier molecular flexibility index (Phi) is 3.46. The van der Waals surface area contributed by atoms with E-state index in [1.54, 1.807) is 0 Å². The molecule has 3 unspecified atom stereocenters. The van der Waals surface area contributed by atoms with Gasteiger partial charge in [0.25, 0.3) is 5.91 Å². The van der Waals surface area contributed by atoms with Gasteiger partial charge in [0.05, 0.1) is 5.54 Å². The van der Waals surface area contributed by atoms with Crippen LogP contribution in [-0.2, 0) is 4.79 Å². The van der Waals surface area contributed by atoms with Crippen molar-refractivity contribution < 1.29 is 4.79 Å². The third-order valence-electron chi connectivity index (χ3n) is 4.34. The molecule has 4 nitrogen and oxygen atoms in total. The predicted molar refractivity (Wildman–Crippen MR) is 68.1 cm³/mol. The van der Waals surface area contributed by atoms with E-state index in [-0.39, 0.29) is 5.91 Å². The molecule has 0 aromatic carbocycles. The summed E-state index contributed by atoms with van der Waals surface area (Å²) in [5, 5.41) is 2.10.